The molecule has 0 radical (unpaired) electrons. The number of halogens is 1. The number of rotatable bonds is 6. The Kier molecular flexibility index (Phi) is 6.11. The van der Waals surface area contributed by atoms with Crippen molar-refractivity contribution < 1.29 is 9.53 Å². The van der Waals surface area contributed by atoms with Gasteiger partial charge in [-0.1, -0.05) is 32.0 Å². The number of aromatic nitrogens is 2. The number of carbonyl (C=O) groups excluding carboxylic acids is 1. The molecule has 1 aromatic heterocycles. The molecule has 6 nitrogen and oxygen atoms in total. The maximum Gasteiger partial charge on any atom is 0.241 e. The largest absolute Gasteiger partial charge is 0.378 e. The first-order valence-corrected chi connectivity index (χ1v) is 8.66. The lowest BCUT2D eigenvalue weighted by atomic mass is 9.54. The number of benzene rings is 1. The Morgan fingerprint density at radius 1 is 1.38 bits per heavy atom. The maximum atomic E-state index is 12.6. The van der Waals surface area contributed by atoms with E-state index in [4.69, 9.17) is 10.5 Å². The fourth-order valence-corrected chi connectivity index (χ4v) is 3.33. The van der Waals surface area contributed by atoms with E-state index < -0.39 is 5.54 Å². The smallest absolute Gasteiger partial charge is 0.241 e. The molecule has 1 saturated carbocycles. The van der Waals surface area contributed by atoms with E-state index in [0.717, 1.165) is 11.3 Å². The van der Waals surface area contributed by atoms with Gasteiger partial charge >= 0.3 is 0 Å². The van der Waals surface area contributed by atoms with Crippen LogP contribution in [0, 0.1) is 5.41 Å². The van der Waals surface area contributed by atoms with Gasteiger partial charge in [0, 0.05) is 36.7 Å². The molecule has 7 heteroatoms. The van der Waals surface area contributed by atoms with Crippen molar-refractivity contribution in [2.75, 3.05) is 6.61 Å². The molecule has 1 aliphatic carbocycles. The summed E-state index contributed by atoms with van der Waals surface area (Å²) in [7, 11) is 0. The predicted molar refractivity (Wildman–Crippen MR) is 103 cm³/mol. The Morgan fingerprint density at radius 2 is 2.08 bits per heavy atom. The van der Waals surface area contributed by atoms with Gasteiger partial charge in [0.1, 0.15) is 5.54 Å². The molecule has 1 aliphatic rings. The topological polar surface area (TPSA) is 82.2 Å². The number of hydrogen-bond acceptors (Lipinski definition) is 4. The summed E-state index contributed by atoms with van der Waals surface area (Å²) in [6.07, 6.45) is 4.23. The molecule has 1 heterocycles. The zero-order valence-electron chi connectivity index (χ0n) is 15.4. The number of ether oxygens (including phenoxy) is 1. The van der Waals surface area contributed by atoms with Crippen LogP contribution in [0.1, 0.15) is 32.8 Å². The van der Waals surface area contributed by atoms with Crippen molar-refractivity contribution in [3.8, 4) is 5.69 Å². The van der Waals surface area contributed by atoms with Gasteiger partial charge in [-0.05, 0) is 19.1 Å². The molecule has 2 unspecified atom stereocenters. The molecule has 0 spiro atoms. The van der Waals surface area contributed by atoms with Gasteiger partial charge < -0.3 is 15.8 Å². The summed E-state index contributed by atoms with van der Waals surface area (Å²) in [5.41, 5.74) is 7.02. The number of amides is 1. The molecule has 1 fully saturated rings. The lowest BCUT2D eigenvalue weighted by Gasteiger charge is -2.57. The van der Waals surface area contributed by atoms with Crippen molar-refractivity contribution in [2.24, 2.45) is 11.1 Å². The lowest BCUT2D eigenvalue weighted by Crippen LogP contribution is -2.75. The second-order valence-corrected chi connectivity index (χ2v) is 7.15. The summed E-state index contributed by atoms with van der Waals surface area (Å²) in [4.78, 5) is 12.6. The van der Waals surface area contributed by atoms with E-state index in [9.17, 15) is 4.79 Å². The average Bonchev–Trinajstić information content (AvgIpc) is 3.09. The normalized spacial score (nSPS) is 23.6. The highest BCUT2D eigenvalue weighted by Crippen LogP contribution is 2.49. The van der Waals surface area contributed by atoms with Crippen LogP contribution in [0.25, 0.3) is 5.69 Å². The predicted octanol–water partition coefficient (Wildman–Crippen LogP) is 2.44. The molecule has 142 valence electrons. The Hall–Kier alpha value is -1.89. The molecular formula is C19H27ClN4O2. The van der Waals surface area contributed by atoms with Crippen molar-refractivity contribution in [3.05, 3.63) is 48.3 Å². The van der Waals surface area contributed by atoms with Crippen LogP contribution in [-0.2, 0) is 16.1 Å². The van der Waals surface area contributed by atoms with E-state index in [-0.39, 0.29) is 29.8 Å². The molecule has 1 amide bonds. The Bertz CT molecular complexity index is 747. The fraction of sp³-hybridized carbons (Fsp3) is 0.474. The quantitative estimate of drug-likeness (QED) is 0.808. The van der Waals surface area contributed by atoms with Crippen LogP contribution in [0.15, 0.2) is 42.7 Å². The SMILES string of the molecule is CCOC1CC(N)(C(=O)NCc2cnn(-c3ccccc3)c2)C1(C)C.Cl. The van der Waals surface area contributed by atoms with Crippen LogP contribution in [0.3, 0.4) is 0 Å². The summed E-state index contributed by atoms with van der Waals surface area (Å²) in [5.74, 6) is -0.138. The molecule has 3 N–H and O–H groups in total. The van der Waals surface area contributed by atoms with Crippen LogP contribution in [0.5, 0.6) is 0 Å². The number of nitrogens with zero attached hydrogens (tertiary/aromatic N) is 2. The Balaban J connectivity index is 0.00000243. The molecule has 2 atom stereocenters. The van der Waals surface area contributed by atoms with Gasteiger partial charge in [-0.2, -0.15) is 5.10 Å². The van der Waals surface area contributed by atoms with Crippen LogP contribution in [0.2, 0.25) is 0 Å². The van der Waals surface area contributed by atoms with E-state index in [1.807, 2.05) is 57.3 Å². The molecule has 1 aromatic carbocycles. The Morgan fingerprint density at radius 3 is 2.69 bits per heavy atom. The van der Waals surface area contributed by atoms with E-state index >= 15 is 0 Å². The molecule has 0 saturated heterocycles. The minimum Gasteiger partial charge on any atom is -0.378 e. The summed E-state index contributed by atoms with van der Waals surface area (Å²) in [5, 5.41) is 7.29. The van der Waals surface area contributed by atoms with Crippen molar-refractivity contribution in [1.29, 1.82) is 0 Å². The van der Waals surface area contributed by atoms with Crippen molar-refractivity contribution in [3.63, 3.8) is 0 Å². The van der Waals surface area contributed by atoms with Crippen LogP contribution in [0.4, 0.5) is 0 Å². The van der Waals surface area contributed by atoms with Gasteiger partial charge in [-0.3, -0.25) is 4.79 Å². The summed E-state index contributed by atoms with van der Waals surface area (Å²) < 4.78 is 7.47. The zero-order chi connectivity index (χ0) is 18.1. The fourth-order valence-electron chi connectivity index (χ4n) is 3.33. The second-order valence-electron chi connectivity index (χ2n) is 7.15. The first-order valence-electron chi connectivity index (χ1n) is 8.66. The van der Waals surface area contributed by atoms with Crippen LogP contribution < -0.4 is 11.1 Å². The van der Waals surface area contributed by atoms with Crippen molar-refractivity contribution in [1.82, 2.24) is 15.1 Å². The molecule has 3 rings (SSSR count). The third kappa shape index (κ3) is 3.49. The minimum atomic E-state index is -0.901. The van der Waals surface area contributed by atoms with E-state index in [1.165, 1.54) is 0 Å². The highest BCUT2D eigenvalue weighted by atomic mass is 35.5. The highest BCUT2D eigenvalue weighted by molar-refractivity contribution is 5.88. The molecular weight excluding hydrogens is 352 g/mol. The number of nitrogens with two attached hydrogens (primary N) is 1. The molecule has 26 heavy (non-hydrogen) atoms. The highest BCUT2D eigenvalue weighted by Gasteiger charge is 2.62. The second kappa shape index (κ2) is 7.78. The van der Waals surface area contributed by atoms with Gasteiger partial charge in [-0.15, -0.1) is 12.4 Å². The van der Waals surface area contributed by atoms with E-state index in [1.54, 1.807) is 10.9 Å². The monoisotopic (exact) mass is 378 g/mol. The van der Waals surface area contributed by atoms with Gasteiger partial charge in [0.05, 0.1) is 18.0 Å². The third-order valence-electron chi connectivity index (χ3n) is 5.35. The van der Waals surface area contributed by atoms with Crippen LogP contribution in [-0.4, -0.2) is 33.9 Å². The van der Waals surface area contributed by atoms with Crippen LogP contribution >= 0.6 is 12.4 Å². The maximum absolute atomic E-state index is 12.6. The summed E-state index contributed by atoms with van der Waals surface area (Å²) in [6, 6.07) is 9.85. The van der Waals surface area contributed by atoms with Crippen molar-refractivity contribution in [2.45, 2.75) is 45.4 Å². The molecule has 2 aromatic rings. The zero-order valence-corrected chi connectivity index (χ0v) is 16.3. The third-order valence-corrected chi connectivity index (χ3v) is 5.35. The van der Waals surface area contributed by atoms with Crippen molar-refractivity contribution >= 4 is 18.3 Å². The first-order chi connectivity index (χ1) is 11.9. The van der Waals surface area contributed by atoms with Gasteiger partial charge in [0.15, 0.2) is 0 Å². The number of hydrogen-bond donors (Lipinski definition) is 2. The number of nitrogens with one attached hydrogen (secondary N) is 1. The van der Waals surface area contributed by atoms with Gasteiger partial charge in [0.2, 0.25) is 5.91 Å². The number of carbonyl (C=O) groups is 1. The lowest BCUT2D eigenvalue weighted by molar-refractivity contribution is -0.170. The summed E-state index contributed by atoms with van der Waals surface area (Å²) >= 11 is 0. The average molecular weight is 379 g/mol. The van der Waals surface area contributed by atoms with E-state index in [0.29, 0.717) is 19.6 Å². The molecule has 0 bridgehead atoms. The van der Waals surface area contributed by atoms with Gasteiger partial charge in [-0.25, -0.2) is 4.68 Å². The minimum absolute atomic E-state index is 0. The standard InChI is InChI=1S/C19H26N4O2.ClH/c1-4-25-16-10-19(20,18(16,2)3)17(24)21-11-14-12-22-23(13-14)15-8-6-5-7-9-15;/h5-9,12-13,16H,4,10-11,20H2,1-3H3,(H,21,24);1H. The first kappa shape index (κ1) is 20.4. The van der Waals surface area contributed by atoms with Gasteiger partial charge in [0.25, 0.3) is 0 Å². The Labute approximate surface area is 160 Å². The molecule has 0 aliphatic heterocycles. The summed E-state index contributed by atoms with van der Waals surface area (Å²) in [6.45, 7) is 6.97. The van der Waals surface area contributed by atoms with E-state index in [2.05, 4.69) is 10.4 Å². The number of para-hydroxylation sites is 1.